The highest BCUT2D eigenvalue weighted by Crippen LogP contribution is 2.17. The molecule has 0 spiro atoms. The molecular formula is C13H11ClN2O4S. The molecule has 1 aromatic carbocycles. The molecule has 110 valence electrons. The Morgan fingerprint density at radius 1 is 1.10 bits per heavy atom. The molecule has 2 N–H and O–H groups in total. The van der Waals surface area contributed by atoms with Crippen LogP contribution in [0.25, 0.3) is 0 Å². The van der Waals surface area contributed by atoms with Gasteiger partial charge in [-0.2, -0.15) is 0 Å². The number of rotatable bonds is 5. The maximum absolute atomic E-state index is 11.9. The molecule has 0 aliphatic carbocycles. The van der Waals surface area contributed by atoms with Gasteiger partial charge in [-0.1, -0.05) is 23.7 Å². The number of carbonyl (C=O) groups excluding carboxylic acids is 4. The number of hydrogen-bond donors (Lipinski definition) is 2. The van der Waals surface area contributed by atoms with E-state index < -0.39 is 29.5 Å². The average Bonchev–Trinajstić information content (AvgIpc) is 2.40. The van der Waals surface area contributed by atoms with Crippen molar-refractivity contribution in [1.29, 1.82) is 0 Å². The van der Waals surface area contributed by atoms with E-state index in [4.69, 9.17) is 11.6 Å². The van der Waals surface area contributed by atoms with Gasteiger partial charge in [0.15, 0.2) is 11.7 Å². The highest BCUT2D eigenvalue weighted by Gasteiger charge is 2.39. The van der Waals surface area contributed by atoms with Crippen LogP contribution in [-0.2, 0) is 20.1 Å². The molecule has 4 amide bonds. The Kier molecular flexibility index (Phi) is 4.98. The number of imide groups is 2. The quantitative estimate of drug-likeness (QED) is 0.791. The largest absolute Gasteiger partial charge is 0.328 e. The lowest BCUT2D eigenvalue weighted by Gasteiger charge is -2.19. The highest BCUT2D eigenvalue weighted by atomic mass is 35.5. The molecule has 1 aliphatic rings. The fraction of sp³-hybridized carbons (Fsp3) is 0.231. The lowest BCUT2D eigenvalue weighted by molar-refractivity contribution is -0.141. The molecule has 8 heteroatoms. The molecule has 0 unspecified atom stereocenters. The predicted octanol–water partition coefficient (Wildman–Crippen LogP) is 1.12. The predicted molar refractivity (Wildman–Crippen MR) is 77.8 cm³/mol. The van der Waals surface area contributed by atoms with Gasteiger partial charge in [0.25, 0.3) is 0 Å². The van der Waals surface area contributed by atoms with Gasteiger partial charge in [0.1, 0.15) is 0 Å². The lowest BCUT2D eigenvalue weighted by atomic mass is 10.0. The molecule has 1 heterocycles. The second kappa shape index (κ2) is 6.73. The summed E-state index contributed by atoms with van der Waals surface area (Å²) in [7, 11) is 0. The summed E-state index contributed by atoms with van der Waals surface area (Å²) < 4.78 is 0. The second-order valence-electron chi connectivity index (χ2n) is 4.33. The summed E-state index contributed by atoms with van der Waals surface area (Å²) in [6, 6.07) is 6.25. The van der Waals surface area contributed by atoms with Crippen LogP contribution in [0.1, 0.15) is 5.56 Å². The summed E-state index contributed by atoms with van der Waals surface area (Å²) in [6.07, 6.45) is 0. The topological polar surface area (TPSA) is 92.3 Å². The van der Waals surface area contributed by atoms with Crippen molar-refractivity contribution < 1.29 is 19.2 Å². The Morgan fingerprint density at radius 2 is 1.67 bits per heavy atom. The third-order valence-corrected chi connectivity index (χ3v) is 4.02. The minimum atomic E-state index is -1.46. The van der Waals surface area contributed by atoms with Crippen molar-refractivity contribution in [1.82, 2.24) is 10.6 Å². The molecule has 1 fully saturated rings. The Labute approximate surface area is 129 Å². The molecule has 1 aliphatic heterocycles. The number of amides is 4. The standard InChI is InChI=1S/C13H11ClN2O4S/c14-8-3-1-7(2-4-8)5-21-6-9(17)10-11(18)15-13(20)16-12(10)19/h1-4,10H,5-6H2,(H2,15,16,18,19,20). The molecule has 2 rings (SSSR count). The molecular weight excluding hydrogens is 316 g/mol. The zero-order chi connectivity index (χ0) is 15.4. The Bertz CT molecular complexity index is 583. The van der Waals surface area contributed by atoms with Crippen LogP contribution in [-0.4, -0.2) is 29.4 Å². The number of barbiturate groups is 1. The summed E-state index contributed by atoms with van der Waals surface area (Å²) in [4.78, 5) is 45.8. The Hall–Kier alpha value is -1.86. The highest BCUT2D eigenvalue weighted by molar-refractivity contribution is 7.99. The number of ketones is 1. The SMILES string of the molecule is O=C1NC(=O)C(C(=O)CSCc2ccc(Cl)cc2)C(=O)N1. The van der Waals surface area contributed by atoms with Gasteiger partial charge >= 0.3 is 6.03 Å². The van der Waals surface area contributed by atoms with Crippen LogP contribution in [0, 0.1) is 5.92 Å². The van der Waals surface area contributed by atoms with Gasteiger partial charge in [0.05, 0.1) is 5.75 Å². The van der Waals surface area contributed by atoms with E-state index in [2.05, 4.69) is 0 Å². The van der Waals surface area contributed by atoms with Gasteiger partial charge in [-0.15, -0.1) is 11.8 Å². The average molecular weight is 327 g/mol. The van der Waals surface area contributed by atoms with Crippen LogP contribution < -0.4 is 10.6 Å². The monoisotopic (exact) mass is 326 g/mol. The van der Waals surface area contributed by atoms with E-state index in [-0.39, 0.29) is 5.75 Å². The van der Waals surface area contributed by atoms with Gasteiger partial charge in [0, 0.05) is 10.8 Å². The van der Waals surface area contributed by atoms with Crippen molar-refractivity contribution in [2.45, 2.75) is 5.75 Å². The van der Waals surface area contributed by atoms with E-state index >= 15 is 0 Å². The van der Waals surface area contributed by atoms with Crippen LogP contribution in [0.5, 0.6) is 0 Å². The second-order valence-corrected chi connectivity index (χ2v) is 5.75. The molecule has 0 saturated carbocycles. The third-order valence-electron chi connectivity index (χ3n) is 2.75. The minimum absolute atomic E-state index is 0.00231. The molecule has 21 heavy (non-hydrogen) atoms. The summed E-state index contributed by atoms with van der Waals surface area (Å²) in [5.74, 6) is -3.18. The zero-order valence-corrected chi connectivity index (χ0v) is 12.3. The number of nitrogens with one attached hydrogen (secondary N) is 2. The Morgan fingerprint density at radius 3 is 2.24 bits per heavy atom. The summed E-state index contributed by atoms with van der Waals surface area (Å²) in [5.41, 5.74) is 0.977. The smallest absolute Gasteiger partial charge is 0.297 e. The summed E-state index contributed by atoms with van der Waals surface area (Å²) in [6.45, 7) is 0. The number of hydrogen-bond acceptors (Lipinski definition) is 5. The first-order valence-corrected chi connectivity index (χ1v) is 7.51. The number of halogens is 1. The van der Waals surface area contributed by atoms with Crippen LogP contribution in [0.4, 0.5) is 4.79 Å². The molecule has 1 saturated heterocycles. The van der Waals surface area contributed by atoms with Crippen LogP contribution in [0.15, 0.2) is 24.3 Å². The molecule has 0 radical (unpaired) electrons. The van der Waals surface area contributed by atoms with E-state index in [1.54, 1.807) is 12.1 Å². The third kappa shape index (κ3) is 4.05. The van der Waals surface area contributed by atoms with Crippen molar-refractivity contribution in [3.8, 4) is 0 Å². The first-order chi connectivity index (χ1) is 9.97. The van der Waals surface area contributed by atoms with Crippen LogP contribution >= 0.6 is 23.4 Å². The van der Waals surface area contributed by atoms with Gasteiger partial charge < -0.3 is 0 Å². The number of Topliss-reactive ketones (excluding diaryl/α,β-unsaturated/α-hetero) is 1. The van der Waals surface area contributed by atoms with Crippen LogP contribution in [0.2, 0.25) is 5.02 Å². The van der Waals surface area contributed by atoms with Gasteiger partial charge in [0.2, 0.25) is 11.8 Å². The Balaban J connectivity index is 1.87. The normalized spacial score (nSPS) is 15.6. The number of thioether (sulfide) groups is 1. The van der Waals surface area contributed by atoms with E-state index in [0.717, 1.165) is 5.56 Å². The fourth-order valence-electron chi connectivity index (χ4n) is 1.74. The van der Waals surface area contributed by atoms with E-state index in [9.17, 15) is 19.2 Å². The van der Waals surface area contributed by atoms with Crippen LogP contribution in [0.3, 0.4) is 0 Å². The van der Waals surface area contributed by atoms with Gasteiger partial charge in [-0.25, -0.2) is 4.79 Å². The van der Waals surface area contributed by atoms with Crippen molar-refractivity contribution in [2.75, 3.05) is 5.75 Å². The molecule has 0 bridgehead atoms. The first-order valence-electron chi connectivity index (χ1n) is 5.98. The molecule has 0 atom stereocenters. The van der Waals surface area contributed by atoms with Gasteiger partial charge in [-0.05, 0) is 17.7 Å². The van der Waals surface area contributed by atoms with E-state index in [1.807, 2.05) is 22.8 Å². The maximum atomic E-state index is 11.9. The number of urea groups is 1. The number of benzene rings is 1. The van der Waals surface area contributed by atoms with E-state index in [1.165, 1.54) is 11.8 Å². The summed E-state index contributed by atoms with van der Waals surface area (Å²) in [5, 5.41) is 4.43. The molecule has 0 aromatic heterocycles. The first kappa shape index (κ1) is 15.5. The maximum Gasteiger partial charge on any atom is 0.328 e. The van der Waals surface area contributed by atoms with Crippen molar-refractivity contribution >= 4 is 47.0 Å². The minimum Gasteiger partial charge on any atom is -0.297 e. The van der Waals surface area contributed by atoms with Crippen molar-refractivity contribution in [3.05, 3.63) is 34.9 Å². The molecule has 6 nitrogen and oxygen atoms in total. The van der Waals surface area contributed by atoms with E-state index in [0.29, 0.717) is 10.8 Å². The number of carbonyl (C=O) groups is 4. The molecule has 1 aromatic rings. The fourth-order valence-corrected chi connectivity index (χ4v) is 2.77. The zero-order valence-electron chi connectivity index (χ0n) is 10.7. The van der Waals surface area contributed by atoms with Crippen molar-refractivity contribution in [2.24, 2.45) is 5.92 Å². The lowest BCUT2D eigenvalue weighted by Crippen LogP contribution is -2.58. The van der Waals surface area contributed by atoms with Crippen molar-refractivity contribution in [3.63, 3.8) is 0 Å². The summed E-state index contributed by atoms with van der Waals surface area (Å²) >= 11 is 7.05. The van der Waals surface area contributed by atoms with Gasteiger partial charge in [-0.3, -0.25) is 25.0 Å².